The molecule has 0 saturated carbocycles. The van der Waals surface area contributed by atoms with Gasteiger partial charge in [-0.25, -0.2) is 9.78 Å². The van der Waals surface area contributed by atoms with Crippen LogP contribution in [0.2, 0.25) is 0 Å². The first-order valence-electron chi connectivity index (χ1n) is 6.66. The van der Waals surface area contributed by atoms with Gasteiger partial charge in [-0.3, -0.25) is 0 Å². The average Bonchev–Trinajstić information content (AvgIpc) is 2.90. The molecule has 6 nitrogen and oxygen atoms in total. The summed E-state index contributed by atoms with van der Waals surface area (Å²) in [6.07, 6.45) is 0. The highest BCUT2D eigenvalue weighted by atomic mass is 16.5. The van der Waals surface area contributed by atoms with Gasteiger partial charge in [0.1, 0.15) is 5.52 Å². The summed E-state index contributed by atoms with van der Waals surface area (Å²) in [7, 11) is 0. The number of para-hydroxylation sites is 1. The molecule has 0 radical (unpaired) electrons. The lowest BCUT2D eigenvalue weighted by Crippen LogP contribution is -2.08. The topological polar surface area (TPSA) is 69.9 Å². The predicted molar refractivity (Wildman–Crippen MR) is 77.4 cm³/mol. The highest BCUT2D eigenvalue weighted by Gasteiger charge is 2.16. The Morgan fingerprint density at radius 1 is 1.29 bits per heavy atom. The summed E-state index contributed by atoms with van der Waals surface area (Å²) in [5.41, 5.74) is 3.07. The molecule has 2 aromatic heterocycles. The van der Waals surface area contributed by atoms with Crippen LogP contribution in [0.15, 0.2) is 36.4 Å². The number of hydrogen-bond acceptors (Lipinski definition) is 5. The summed E-state index contributed by atoms with van der Waals surface area (Å²) < 4.78 is 6.67. The summed E-state index contributed by atoms with van der Waals surface area (Å²) in [6.45, 7) is 3.87. The van der Waals surface area contributed by atoms with Crippen LogP contribution in [0, 0.1) is 6.92 Å². The maximum absolute atomic E-state index is 11.9. The Morgan fingerprint density at radius 3 is 2.76 bits per heavy atom. The molecule has 0 fully saturated rings. The molecule has 0 amide bonds. The molecule has 1 aromatic carbocycles. The molecule has 0 unspecified atom stereocenters. The summed E-state index contributed by atoms with van der Waals surface area (Å²) in [4.78, 5) is 16.3. The van der Waals surface area contributed by atoms with E-state index in [4.69, 9.17) is 4.74 Å². The van der Waals surface area contributed by atoms with Crippen LogP contribution in [0.3, 0.4) is 0 Å². The van der Waals surface area contributed by atoms with Crippen molar-refractivity contribution in [3.05, 3.63) is 47.7 Å². The van der Waals surface area contributed by atoms with Crippen molar-refractivity contribution in [1.82, 2.24) is 20.0 Å². The molecule has 21 heavy (non-hydrogen) atoms. The van der Waals surface area contributed by atoms with Crippen molar-refractivity contribution < 1.29 is 9.53 Å². The molecule has 0 atom stereocenters. The van der Waals surface area contributed by atoms with E-state index in [0.29, 0.717) is 29.0 Å². The zero-order valence-electron chi connectivity index (χ0n) is 11.8. The van der Waals surface area contributed by atoms with E-state index in [1.807, 2.05) is 30.3 Å². The molecule has 2 heterocycles. The lowest BCUT2D eigenvalue weighted by molar-refractivity contribution is 0.0525. The molecule has 6 heteroatoms. The van der Waals surface area contributed by atoms with Gasteiger partial charge in [-0.1, -0.05) is 23.4 Å². The van der Waals surface area contributed by atoms with Gasteiger partial charge in [0.15, 0.2) is 5.65 Å². The van der Waals surface area contributed by atoms with Gasteiger partial charge in [-0.05, 0) is 32.0 Å². The van der Waals surface area contributed by atoms with Crippen LogP contribution in [0.25, 0.3) is 16.9 Å². The number of hydrogen-bond donors (Lipinski definition) is 0. The van der Waals surface area contributed by atoms with Crippen LogP contribution in [0.5, 0.6) is 0 Å². The Hall–Kier alpha value is -2.76. The van der Waals surface area contributed by atoms with E-state index < -0.39 is 5.97 Å². The molecular weight excluding hydrogens is 268 g/mol. The zero-order chi connectivity index (χ0) is 14.8. The van der Waals surface area contributed by atoms with Crippen molar-refractivity contribution in [2.75, 3.05) is 6.61 Å². The highest BCUT2D eigenvalue weighted by Crippen LogP contribution is 2.18. The van der Waals surface area contributed by atoms with Crippen LogP contribution in [-0.2, 0) is 4.74 Å². The number of carbonyl (C=O) groups is 1. The third-order valence-corrected chi connectivity index (χ3v) is 3.11. The molecule has 106 valence electrons. The van der Waals surface area contributed by atoms with Gasteiger partial charge in [0.05, 0.1) is 23.6 Å². The first-order chi connectivity index (χ1) is 10.2. The van der Waals surface area contributed by atoms with Gasteiger partial charge in [-0.2, -0.15) is 4.68 Å². The molecule has 0 aliphatic heterocycles. The normalized spacial score (nSPS) is 10.8. The molecular formula is C15H14N4O2. The number of ether oxygens (including phenoxy) is 1. The number of esters is 1. The summed E-state index contributed by atoms with van der Waals surface area (Å²) >= 11 is 0. The van der Waals surface area contributed by atoms with E-state index in [1.165, 1.54) is 0 Å². The van der Waals surface area contributed by atoms with Crippen LogP contribution in [0.1, 0.15) is 23.0 Å². The Kier molecular flexibility index (Phi) is 3.35. The molecule has 3 rings (SSSR count). The molecule has 0 spiro atoms. The van der Waals surface area contributed by atoms with E-state index in [1.54, 1.807) is 24.6 Å². The smallest absolute Gasteiger partial charge is 0.340 e. The monoisotopic (exact) mass is 282 g/mol. The summed E-state index contributed by atoms with van der Waals surface area (Å²) in [5.74, 6) is -0.390. The van der Waals surface area contributed by atoms with Gasteiger partial charge in [0, 0.05) is 0 Å². The Morgan fingerprint density at radius 2 is 2.05 bits per heavy atom. The molecule has 0 aliphatic rings. The van der Waals surface area contributed by atoms with E-state index in [0.717, 1.165) is 5.69 Å². The fourth-order valence-electron chi connectivity index (χ4n) is 2.11. The summed E-state index contributed by atoms with van der Waals surface area (Å²) in [5, 5.41) is 8.19. The fourth-order valence-corrected chi connectivity index (χ4v) is 2.11. The van der Waals surface area contributed by atoms with Crippen molar-refractivity contribution in [2.45, 2.75) is 13.8 Å². The standard InChI is InChI=1S/C15H14N4O2/c1-3-21-15(20)12-9-13-14(16-10(12)2)19(18-17-13)11-7-5-4-6-8-11/h4-9H,3H2,1-2H3. The third kappa shape index (κ3) is 2.35. The minimum Gasteiger partial charge on any atom is -0.462 e. The van der Waals surface area contributed by atoms with Crippen LogP contribution >= 0.6 is 0 Å². The Bertz CT molecular complexity index is 796. The SMILES string of the molecule is CCOC(=O)c1cc2nnn(-c3ccccc3)c2nc1C. The maximum atomic E-state index is 11.9. The molecule has 0 bridgehead atoms. The van der Waals surface area contributed by atoms with Crippen LogP contribution < -0.4 is 0 Å². The molecule has 0 N–H and O–H groups in total. The molecule has 0 aliphatic carbocycles. The third-order valence-electron chi connectivity index (χ3n) is 3.11. The minimum atomic E-state index is -0.390. The molecule has 3 aromatic rings. The number of pyridine rings is 1. The van der Waals surface area contributed by atoms with Gasteiger partial charge >= 0.3 is 5.97 Å². The van der Waals surface area contributed by atoms with Crippen molar-refractivity contribution in [1.29, 1.82) is 0 Å². The minimum absolute atomic E-state index is 0.326. The Balaban J connectivity index is 2.13. The van der Waals surface area contributed by atoms with Gasteiger partial charge in [0.2, 0.25) is 0 Å². The zero-order valence-corrected chi connectivity index (χ0v) is 11.8. The fraction of sp³-hybridized carbons (Fsp3) is 0.200. The highest BCUT2D eigenvalue weighted by molar-refractivity contribution is 5.93. The van der Waals surface area contributed by atoms with Crippen molar-refractivity contribution in [3.8, 4) is 5.69 Å². The predicted octanol–water partition coefficient (Wildman–Crippen LogP) is 2.30. The van der Waals surface area contributed by atoms with Crippen molar-refractivity contribution >= 4 is 17.1 Å². The van der Waals surface area contributed by atoms with Gasteiger partial charge in [-0.15, -0.1) is 5.10 Å². The second kappa shape index (κ2) is 5.32. The number of nitrogens with zero attached hydrogens (tertiary/aromatic N) is 4. The van der Waals surface area contributed by atoms with E-state index >= 15 is 0 Å². The van der Waals surface area contributed by atoms with Gasteiger partial charge in [0.25, 0.3) is 0 Å². The number of rotatable bonds is 3. The van der Waals surface area contributed by atoms with E-state index in [2.05, 4.69) is 15.3 Å². The van der Waals surface area contributed by atoms with E-state index in [9.17, 15) is 4.79 Å². The molecule has 0 saturated heterocycles. The lowest BCUT2D eigenvalue weighted by atomic mass is 10.2. The second-order valence-corrected chi connectivity index (χ2v) is 4.52. The number of fused-ring (bicyclic) bond motifs is 1. The largest absolute Gasteiger partial charge is 0.462 e. The average molecular weight is 282 g/mol. The van der Waals surface area contributed by atoms with Crippen LogP contribution in [-0.4, -0.2) is 32.6 Å². The number of carbonyl (C=O) groups excluding carboxylic acids is 1. The maximum Gasteiger partial charge on any atom is 0.340 e. The first-order valence-corrected chi connectivity index (χ1v) is 6.66. The first kappa shape index (κ1) is 13.2. The number of aromatic nitrogens is 4. The van der Waals surface area contributed by atoms with Crippen molar-refractivity contribution in [3.63, 3.8) is 0 Å². The second-order valence-electron chi connectivity index (χ2n) is 4.52. The lowest BCUT2D eigenvalue weighted by Gasteiger charge is -2.05. The quantitative estimate of drug-likeness (QED) is 0.689. The summed E-state index contributed by atoms with van der Waals surface area (Å²) in [6, 6.07) is 11.3. The van der Waals surface area contributed by atoms with Gasteiger partial charge < -0.3 is 4.74 Å². The number of benzene rings is 1. The van der Waals surface area contributed by atoms with Crippen LogP contribution in [0.4, 0.5) is 0 Å². The Labute approximate surface area is 121 Å². The van der Waals surface area contributed by atoms with Crippen molar-refractivity contribution in [2.24, 2.45) is 0 Å². The van der Waals surface area contributed by atoms with E-state index in [-0.39, 0.29) is 0 Å². The number of aryl methyl sites for hydroxylation is 1.